The number of benzene rings is 2. The first-order valence-corrected chi connectivity index (χ1v) is 14.3. The third-order valence-electron chi connectivity index (χ3n) is 6.24. The van der Waals surface area contributed by atoms with Gasteiger partial charge in [-0.05, 0) is 55.3 Å². The first kappa shape index (κ1) is 26.5. The van der Waals surface area contributed by atoms with Crippen LogP contribution in [0.5, 0.6) is 5.75 Å². The van der Waals surface area contributed by atoms with Gasteiger partial charge in [0.15, 0.2) is 0 Å². The number of amides is 1. The smallest absolute Gasteiger partial charge is 0.243 e. The highest BCUT2D eigenvalue weighted by Gasteiger charge is 2.34. The molecule has 2 aromatic rings. The number of hydrogen-bond acceptors (Lipinski definition) is 7. The summed E-state index contributed by atoms with van der Waals surface area (Å²) in [7, 11) is -6.30. The van der Waals surface area contributed by atoms with Crippen molar-refractivity contribution < 1.29 is 35.5 Å². The fourth-order valence-electron chi connectivity index (χ4n) is 4.25. The summed E-state index contributed by atoms with van der Waals surface area (Å²) in [5, 5.41) is 2.72. The Morgan fingerprint density at radius 1 is 0.972 bits per heavy atom. The van der Waals surface area contributed by atoms with Crippen molar-refractivity contribution in [2.24, 2.45) is 5.92 Å². The SMILES string of the molecule is COc1ccc(S(=O)(=O)N2CCOCC2)cc1NC(=O)C1CCCN(S(=O)(=O)c2ccc(F)cc2)C1. The maximum Gasteiger partial charge on any atom is 0.243 e. The molecule has 2 aliphatic rings. The van der Waals surface area contributed by atoms with Crippen molar-refractivity contribution in [1.82, 2.24) is 8.61 Å². The van der Waals surface area contributed by atoms with E-state index in [1.54, 1.807) is 0 Å². The minimum Gasteiger partial charge on any atom is -0.495 e. The molecule has 0 aliphatic carbocycles. The zero-order chi connectivity index (χ0) is 25.9. The van der Waals surface area contributed by atoms with Crippen LogP contribution in [-0.4, -0.2) is 77.9 Å². The molecule has 1 atom stereocenters. The van der Waals surface area contributed by atoms with E-state index in [2.05, 4.69) is 5.32 Å². The molecular formula is C23H28FN3O7S2. The second-order valence-corrected chi connectivity index (χ2v) is 12.4. The standard InChI is InChI=1S/C23H28FN3O7S2/c1-33-22-9-8-20(36(31,32)26-11-13-34-14-12-26)15-21(22)25-23(28)17-3-2-10-27(16-17)35(29,30)19-6-4-18(24)5-7-19/h4-9,15,17H,2-3,10-14,16H2,1H3,(H,25,28). The van der Waals surface area contributed by atoms with Crippen LogP contribution >= 0.6 is 0 Å². The molecule has 2 heterocycles. The van der Waals surface area contributed by atoms with Crippen molar-refractivity contribution in [2.75, 3.05) is 51.8 Å². The van der Waals surface area contributed by atoms with E-state index in [9.17, 15) is 26.0 Å². The summed E-state index contributed by atoms with van der Waals surface area (Å²) in [6, 6.07) is 8.76. The van der Waals surface area contributed by atoms with Gasteiger partial charge in [0.1, 0.15) is 11.6 Å². The van der Waals surface area contributed by atoms with E-state index < -0.39 is 37.7 Å². The van der Waals surface area contributed by atoms with Gasteiger partial charge in [0.2, 0.25) is 26.0 Å². The fraction of sp³-hybridized carbons (Fsp3) is 0.435. The van der Waals surface area contributed by atoms with Gasteiger partial charge in [-0.1, -0.05) is 0 Å². The molecular weight excluding hydrogens is 513 g/mol. The van der Waals surface area contributed by atoms with Crippen molar-refractivity contribution >= 4 is 31.6 Å². The lowest BCUT2D eigenvalue weighted by atomic mass is 9.98. The summed E-state index contributed by atoms with van der Waals surface area (Å²) in [4.78, 5) is 13.1. The molecule has 1 unspecified atom stereocenters. The quantitative estimate of drug-likeness (QED) is 0.568. The molecule has 2 saturated heterocycles. The van der Waals surface area contributed by atoms with Crippen molar-refractivity contribution in [1.29, 1.82) is 0 Å². The number of ether oxygens (including phenoxy) is 2. The van der Waals surface area contributed by atoms with E-state index in [1.165, 1.54) is 46.1 Å². The Kier molecular flexibility index (Phi) is 7.95. The van der Waals surface area contributed by atoms with Gasteiger partial charge in [0, 0.05) is 26.2 Å². The fourth-order valence-corrected chi connectivity index (χ4v) is 7.20. The Hall–Kier alpha value is -2.58. The van der Waals surface area contributed by atoms with Crippen LogP contribution in [0.25, 0.3) is 0 Å². The Balaban J connectivity index is 1.52. The number of nitrogens with zero attached hydrogens (tertiary/aromatic N) is 2. The Morgan fingerprint density at radius 2 is 1.61 bits per heavy atom. The van der Waals surface area contributed by atoms with Crippen LogP contribution in [0.4, 0.5) is 10.1 Å². The molecule has 0 saturated carbocycles. The monoisotopic (exact) mass is 541 g/mol. The lowest BCUT2D eigenvalue weighted by molar-refractivity contribution is -0.120. The number of carbonyl (C=O) groups excluding carboxylic acids is 1. The number of nitrogens with one attached hydrogen (secondary N) is 1. The molecule has 13 heteroatoms. The minimum atomic E-state index is -3.90. The van der Waals surface area contributed by atoms with Crippen molar-refractivity contribution in [3.63, 3.8) is 0 Å². The maximum absolute atomic E-state index is 13.2. The summed E-state index contributed by atoms with van der Waals surface area (Å²) in [6.07, 6.45) is 0.913. The zero-order valence-electron chi connectivity index (χ0n) is 19.7. The number of methoxy groups -OCH3 is 1. The van der Waals surface area contributed by atoms with Crippen LogP contribution in [-0.2, 0) is 29.6 Å². The maximum atomic E-state index is 13.2. The number of anilines is 1. The second-order valence-electron chi connectivity index (χ2n) is 8.52. The molecule has 2 aliphatic heterocycles. The first-order valence-electron chi connectivity index (χ1n) is 11.5. The third-order valence-corrected chi connectivity index (χ3v) is 10.0. The van der Waals surface area contributed by atoms with Crippen LogP contribution in [0.1, 0.15) is 12.8 Å². The van der Waals surface area contributed by atoms with E-state index in [-0.39, 0.29) is 47.4 Å². The highest BCUT2D eigenvalue weighted by molar-refractivity contribution is 7.89. The molecule has 2 aromatic carbocycles. The molecule has 196 valence electrons. The summed E-state index contributed by atoms with van der Waals surface area (Å²) in [5.41, 5.74) is 0.176. The molecule has 36 heavy (non-hydrogen) atoms. The normalized spacial score (nSPS) is 20.1. The topological polar surface area (TPSA) is 122 Å². The van der Waals surface area contributed by atoms with Crippen LogP contribution < -0.4 is 10.1 Å². The van der Waals surface area contributed by atoms with Crippen molar-refractivity contribution in [3.8, 4) is 5.75 Å². The highest BCUT2D eigenvalue weighted by Crippen LogP contribution is 2.31. The van der Waals surface area contributed by atoms with E-state index >= 15 is 0 Å². The largest absolute Gasteiger partial charge is 0.495 e. The zero-order valence-corrected chi connectivity index (χ0v) is 21.4. The number of halogens is 1. The van der Waals surface area contributed by atoms with Crippen LogP contribution in [0, 0.1) is 11.7 Å². The number of carbonyl (C=O) groups is 1. The van der Waals surface area contributed by atoms with Crippen LogP contribution in [0.2, 0.25) is 0 Å². The summed E-state index contributed by atoms with van der Waals surface area (Å²) >= 11 is 0. The number of rotatable bonds is 7. The van der Waals surface area contributed by atoms with Crippen LogP contribution in [0.15, 0.2) is 52.3 Å². The molecule has 1 amide bonds. The lowest BCUT2D eigenvalue weighted by Gasteiger charge is -2.31. The van der Waals surface area contributed by atoms with Gasteiger partial charge < -0.3 is 14.8 Å². The van der Waals surface area contributed by atoms with Gasteiger partial charge in [-0.15, -0.1) is 0 Å². The summed E-state index contributed by atoms with van der Waals surface area (Å²) in [5.74, 6) is -1.39. The van der Waals surface area contributed by atoms with E-state index in [0.29, 0.717) is 26.1 Å². The Labute approximate surface area is 210 Å². The van der Waals surface area contributed by atoms with E-state index in [0.717, 1.165) is 12.1 Å². The van der Waals surface area contributed by atoms with Gasteiger partial charge >= 0.3 is 0 Å². The average molecular weight is 542 g/mol. The Bertz CT molecular complexity index is 1310. The molecule has 0 spiro atoms. The van der Waals surface area contributed by atoms with Gasteiger partial charge in [-0.25, -0.2) is 21.2 Å². The minimum absolute atomic E-state index is 0.00431. The number of morpholine rings is 1. The average Bonchev–Trinajstić information content (AvgIpc) is 2.89. The number of hydrogen-bond donors (Lipinski definition) is 1. The van der Waals surface area contributed by atoms with Gasteiger partial charge in [-0.3, -0.25) is 4.79 Å². The van der Waals surface area contributed by atoms with Gasteiger partial charge in [0.25, 0.3) is 0 Å². The van der Waals surface area contributed by atoms with Crippen molar-refractivity contribution in [3.05, 3.63) is 48.3 Å². The molecule has 0 radical (unpaired) electrons. The van der Waals surface area contributed by atoms with E-state index in [4.69, 9.17) is 9.47 Å². The molecule has 10 nitrogen and oxygen atoms in total. The van der Waals surface area contributed by atoms with Gasteiger partial charge in [-0.2, -0.15) is 8.61 Å². The highest BCUT2D eigenvalue weighted by atomic mass is 32.2. The summed E-state index contributed by atoms with van der Waals surface area (Å²) in [6.45, 7) is 1.25. The number of sulfonamides is 2. The van der Waals surface area contributed by atoms with Crippen LogP contribution in [0.3, 0.4) is 0 Å². The van der Waals surface area contributed by atoms with Gasteiger partial charge in [0.05, 0.1) is 41.7 Å². The lowest BCUT2D eigenvalue weighted by Crippen LogP contribution is -2.43. The molecule has 0 bridgehead atoms. The first-order chi connectivity index (χ1) is 17.1. The molecule has 2 fully saturated rings. The summed E-state index contributed by atoms with van der Waals surface area (Å²) < 4.78 is 78.4. The van der Waals surface area contributed by atoms with Crippen molar-refractivity contribution in [2.45, 2.75) is 22.6 Å². The molecule has 1 N–H and O–H groups in total. The third kappa shape index (κ3) is 5.54. The molecule has 0 aromatic heterocycles. The predicted octanol–water partition coefficient (Wildman–Crippen LogP) is 1.89. The predicted molar refractivity (Wildman–Crippen MR) is 129 cm³/mol. The molecule has 4 rings (SSSR count). The Morgan fingerprint density at radius 3 is 2.28 bits per heavy atom. The number of piperidine rings is 1. The van der Waals surface area contributed by atoms with E-state index in [1.807, 2.05) is 0 Å². The second kappa shape index (κ2) is 10.8.